The van der Waals surface area contributed by atoms with Crippen molar-refractivity contribution in [3.05, 3.63) is 0 Å². The molecule has 1 N–H and O–H groups in total. The van der Waals surface area contributed by atoms with Gasteiger partial charge in [0.2, 0.25) is 5.91 Å². The van der Waals surface area contributed by atoms with Crippen LogP contribution in [0.1, 0.15) is 26.2 Å². The van der Waals surface area contributed by atoms with Gasteiger partial charge in [0.1, 0.15) is 5.41 Å². The fourth-order valence-electron chi connectivity index (χ4n) is 2.17. The quantitative estimate of drug-likeness (QED) is 0.719. The number of likely N-dealkylation sites (tertiary alicyclic amines) is 1. The van der Waals surface area contributed by atoms with Gasteiger partial charge in [-0.3, -0.25) is 4.79 Å². The van der Waals surface area contributed by atoms with E-state index in [1.807, 2.05) is 0 Å². The zero-order chi connectivity index (χ0) is 11.1. The Morgan fingerprint density at radius 3 is 2.73 bits per heavy atom. The van der Waals surface area contributed by atoms with Crippen LogP contribution in [-0.2, 0) is 4.79 Å². The third-order valence-electron chi connectivity index (χ3n) is 3.57. The van der Waals surface area contributed by atoms with Crippen molar-refractivity contribution in [1.29, 1.82) is 5.26 Å². The summed E-state index contributed by atoms with van der Waals surface area (Å²) in [4.78, 5) is 13.7. The van der Waals surface area contributed by atoms with Gasteiger partial charge in [-0.25, -0.2) is 0 Å². The van der Waals surface area contributed by atoms with E-state index in [-0.39, 0.29) is 17.9 Å². The van der Waals surface area contributed by atoms with Crippen molar-refractivity contribution in [3.8, 4) is 6.07 Å². The van der Waals surface area contributed by atoms with Crippen LogP contribution in [0, 0.1) is 22.7 Å². The van der Waals surface area contributed by atoms with Gasteiger partial charge in [-0.2, -0.15) is 5.26 Å². The Labute approximate surface area is 89.5 Å². The highest BCUT2D eigenvalue weighted by atomic mass is 16.3. The summed E-state index contributed by atoms with van der Waals surface area (Å²) in [5, 5.41) is 18.3. The molecule has 1 aliphatic heterocycles. The summed E-state index contributed by atoms with van der Waals surface area (Å²) in [6.07, 6.45) is 1.90. The number of nitrogens with zero attached hydrogens (tertiary/aromatic N) is 2. The number of hydrogen-bond acceptors (Lipinski definition) is 3. The molecule has 4 heteroatoms. The lowest BCUT2D eigenvalue weighted by Gasteiger charge is -2.19. The van der Waals surface area contributed by atoms with E-state index in [0.29, 0.717) is 25.9 Å². The molecule has 15 heavy (non-hydrogen) atoms. The number of hydrogen-bond donors (Lipinski definition) is 1. The molecule has 0 aromatic rings. The molecule has 0 bridgehead atoms. The van der Waals surface area contributed by atoms with Crippen LogP contribution in [0.3, 0.4) is 0 Å². The summed E-state index contributed by atoms with van der Waals surface area (Å²) in [5.74, 6) is 0.164. The number of nitriles is 1. The number of aliphatic hydroxyl groups excluding tert-OH is 1. The fourth-order valence-corrected chi connectivity index (χ4v) is 2.17. The maximum Gasteiger partial charge on any atom is 0.243 e. The molecular weight excluding hydrogens is 192 g/mol. The summed E-state index contributed by atoms with van der Waals surface area (Å²) in [6.45, 7) is 3.06. The number of aliphatic hydroxyl groups is 1. The van der Waals surface area contributed by atoms with Crippen LogP contribution in [0.4, 0.5) is 0 Å². The summed E-state index contributed by atoms with van der Waals surface area (Å²) < 4.78 is 0. The van der Waals surface area contributed by atoms with Crippen LogP contribution in [0.5, 0.6) is 0 Å². The minimum Gasteiger partial charge on any atom is -0.393 e. The molecule has 1 heterocycles. The number of amides is 1. The van der Waals surface area contributed by atoms with Crippen LogP contribution < -0.4 is 0 Å². The molecule has 1 amide bonds. The second-order valence-corrected chi connectivity index (χ2v) is 4.73. The molecule has 0 aromatic heterocycles. The average molecular weight is 208 g/mol. The molecule has 0 spiro atoms. The maximum absolute atomic E-state index is 12.0. The van der Waals surface area contributed by atoms with E-state index in [9.17, 15) is 9.90 Å². The van der Waals surface area contributed by atoms with Crippen LogP contribution in [0.25, 0.3) is 0 Å². The van der Waals surface area contributed by atoms with Crippen LogP contribution in [0.15, 0.2) is 0 Å². The number of carbonyl (C=O) groups excluding carboxylic acids is 1. The smallest absolute Gasteiger partial charge is 0.243 e. The van der Waals surface area contributed by atoms with Crippen molar-refractivity contribution in [3.63, 3.8) is 0 Å². The van der Waals surface area contributed by atoms with Gasteiger partial charge < -0.3 is 10.0 Å². The molecule has 2 aliphatic rings. The van der Waals surface area contributed by atoms with Gasteiger partial charge in [0.15, 0.2) is 0 Å². The van der Waals surface area contributed by atoms with Crippen molar-refractivity contribution in [1.82, 2.24) is 4.90 Å². The van der Waals surface area contributed by atoms with Crippen LogP contribution in [0.2, 0.25) is 0 Å². The standard InChI is InChI=1S/C11H16N2O2/c1-8(14)9-2-5-13(6-9)10(15)11(7-12)3-4-11/h8-9,14H,2-6H2,1H3. The Morgan fingerprint density at radius 1 is 1.67 bits per heavy atom. The van der Waals surface area contributed by atoms with E-state index in [2.05, 4.69) is 6.07 Å². The van der Waals surface area contributed by atoms with Gasteiger partial charge in [-0.05, 0) is 26.2 Å². The average Bonchev–Trinajstić information content (AvgIpc) is 2.86. The molecule has 1 aliphatic carbocycles. The summed E-state index contributed by atoms with van der Waals surface area (Å²) in [5.41, 5.74) is -0.701. The van der Waals surface area contributed by atoms with E-state index in [1.165, 1.54) is 0 Å². The Kier molecular flexibility index (Phi) is 2.43. The second-order valence-electron chi connectivity index (χ2n) is 4.73. The summed E-state index contributed by atoms with van der Waals surface area (Å²) in [7, 11) is 0. The highest BCUT2D eigenvalue weighted by Crippen LogP contribution is 2.47. The van der Waals surface area contributed by atoms with E-state index in [1.54, 1.807) is 11.8 Å². The largest absolute Gasteiger partial charge is 0.393 e. The van der Waals surface area contributed by atoms with Crippen molar-refractivity contribution in [2.45, 2.75) is 32.3 Å². The van der Waals surface area contributed by atoms with Crippen molar-refractivity contribution < 1.29 is 9.90 Å². The van der Waals surface area contributed by atoms with E-state index in [0.717, 1.165) is 6.42 Å². The molecular formula is C11H16N2O2. The van der Waals surface area contributed by atoms with Crippen molar-refractivity contribution >= 4 is 5.91 Å². The summed E-state index contributed by atoms with van der Waals surface area (Å²) in [6, 6.07) is 2.12. The molecule has 1 saturated heterocycles. The minimum atomic E-state index is -0.701. The molecule has 2 atom stereocenters. The third kappa shape index (κ3) is 1.72. The van der Waals surface area contributed by atoms with E-state index >= 15 is 0 Å². The molecule has 2 rings (SSSR count). The predicted molar refractivity (Wildman–Crippen MR) is 53.6 cm³/mol. The van der Waals surface area contributed by atoms with Crippen molar-refractivity contribution in [2.75, 3.05) is 13.1 Å². The first-order chi connectivity index (χ1) is 7.09. The molecule has 1 saturated carbocycles. The molecule has 2 unspecified atom stereocenters. The normalized spacial score (nSPS) is 29.7. The first-order valence-electron chi connectivity index (χ1n) is 5.48. The molecule has 4 nitrogen and oxygen atoms in total. The zero-order valence-corrected chi connectivity index (χ0v) is 8.94. The maximum atomic E-state index is 12.0. The monoisotopic (exact) mass is 208 g/mol. The van der Waals surface area contributed by atoms with Crippen LogP contribution >= 0.6 is 0 Å². The zero-order valence-electron chi connectivity index (χ0n) is 8.94. The summed E-state index contributed by atoms with van der Waals surface area (Å²) >= 11 is 0. The first-order valence-corrected chi connectivity index (χ1v) is 5.48. The molecule has 2 fully saturated rings. The number of carbonyl (C=O) groups is 1. The third-order valence-corrected chi connectivity index (χ3v) is 3.57. The van der Waals surface area contributed by atoms with Crippen LogP contribution in [-0.4, -0.2) is 35.1 Å². The second kappa shape index (κ2) is 3.49. The highest BCUT2D eigenvalue weighted by molar-refractivity contribution is 5.88. The lowest BCUT2D eigenvalue weighted by molar-refractivity contribution is -0.134. The van der Waals surface area contributed by atoms with E-state index in [4.69, 9.17) is 5.26 Å². The topological polar surface area (TPSA) is 64.3 Å². The Bertz CT molecular complexity index is 315. The molecule has 0 aromatic carbocycles. The van der Waals surface area contributed by atoms with Gasteiger partial charge in [-0.1, -0.05) is 0 Å². The van der Waals surface area contributed by atoms with E-state index < -0.39 is 5.41 Å². The predicted octanol–water partition coefficient (Wildman–Crippen LogP) is 0.519. The Balaban J connectivity index is 1.97. The van der Waals surface area contributed by atoms with Gasteiger partial charge in [0.25, 0.3) is 0 Å². The fraction of sp³-hybridized carbons (Fsp3) is 0.818. The minimum absolute atomic E-state index is 0.0202. The first kappa shape index (κ1) is 10.4. The Morgan fingerprint density at radius 2 is 2.33 bits per heavy atom. The molecule has 82 valence electrons. The Hall–Kier alpha value is -1.08. The van der Waals surface area contributed by atoms with Gasteiger partial charge in [0.05, 0.1) is 12.2 Å². The lowest BCUT2D eigenvalue weighted by atomic mass is 10.0. The van der Waals surface area contributed by atoms with Crippen molar-refractivity contribution in [2.24, 2.45) is 11.3 Å². The lowest BCUT2D eigenvalue weighted by Crippen LogP contribution is -2.35. The number of rotatable bonds is 2. The highest BCUT2D eigenvalue weighted by Gasteiger charge is 2.53. The van der Waals surface area contributed by atoms with Gasteiger partial charge in [0, 0.05) is 19.0 Å². The molecule has 0 radical (unpaired) electrons. The SMILES string of the molecule is CC(O)C1CCN(C(=O)C2(C#N)CC2)C1. The van der Waals surface area contributed by atoms with Gasteiger partial charge in [-0.15, -0.1) is 0 Å². The van der Waals surface area contributed by atoms with Gasteiger partial charge >= 0.3 is 0 Å².